The Balaban J connectivity index is 2.05. The second-order valence-electron chi connectivity index (χ2n) is 7.94. The van der Waals surface area contributed by atoms with Crippen LogP contribution in [0.4, 0.5) is 4.79 Å². The zero-order chi connectivity index (χ0) is 22.7. The normalized spacial score (nSPS) is 11.7. The Kier molecular flexibility index (Phi) is 15.3. The first-order valence-electron chi connectivity index (χ1n) is 11.7. The molecule has 0 aliphatic heterocycles. The number of ether oxygens (including phenoxy) is 3. The van der Waals surface area contributed by atoms with Crippen molar-refractivity contribution in [2.24, 2.45) is 0 Å². The van der Waals surface area contributed by atoms with Crippen LogP contribution >= 0.6 is 0 Å². The molecule has 6 heteroatoms. The van der Waals surface area contributed by atoms with Crippen molar-refractivity contribution in [3.05, 3.63) is 35.9 Å². The Morgan fingerprint density at radius 3 is 2.10 bits per heavy atom. The minimum Gasteiger partial charge on any atom is -0.464 e. The molecule has 1 rings (SSSR count). The molecule has 0 saturated heterocycles. The van der Waals surface area contributed by atoms with Gasteiger partial charge in [-0.1, -0.05) is 88.6 Å². The van der Waals surface area contributed by atoms with Gasteiger partial charge in [-0.3, -0.25) is 4.90 Å². The van der Waals surface area contributed by atoms with Gasteiger partial charge >= 0.3 is 12.1 Å². The topological polar surface area (TPSA) is 65.1 Å². The number of esters is 1. The highest BCUT2D eigenvalue weighted by Gasteiger charge is 2.24. The van der Waals surface area contributed by atoms with Gasteiger partial charge in [0.05, 0.1) is 19.8 Å². The number of amides is 1. The van der Waals surface area contributed by atoms with E-state index in [9.17, 15) is 9.59 Å². The van der Waals surface area contributed by atoms with Crippen LogP contribution in [0.3, 0.4) is 0 Å². The Morgan fingerprint density at radius 1 is 0.839 bits per heavy atom. The fourth-order valence-electron chi connectivity index (χ4n) is 3.08. The van der Waals surface area contributed by atoms with Gasteiger partial charge in [0.15, 0.2) is 0 Å². The lowest BCUT2D eigenvalue weighted by atomic mass is 10.1. The molecule has 0 N–H and O–H groups in total. The fourth-order valence-corrected chi connectivity index (χ4v) is 3.08. The van der Waals surface area contributed by atoms with Gasteiger partial charge in [0.25, 0.3) is 0 Å². The van der Waals surface area contributed by atoms with Crippen LogP contribution in [0.5, 0.6) is 0 Å². The van der Waals surface area contributed by atoms with Gasteiger partial charge in [-0.05, 0) is 18.9 Å². The molecule has 176 valence electrons. The van der Waals surface area contributed by atoms with Crippen molar-refractivity contribution in [1.82, 2.24) is 4.90 Å². The van der Waals surface area contributed by atoms with Crippen molar-refractivity contribution < 1.29 is 23.8 Å². The van der Waals surface area contributed by atoms with E-state index in [1.807, 2.05) is 30.3 Å². The minimum absolute atomic E-state index is 0.135. The fraction of sp³-hybridized carbons (Fsp3) is 0.680. The third kappa shape index (κ3) is 13.0. The lowest BCUT2D eigenvalue weighted by Crippen LogP contribution is -2.42. The van der Waals surface area contributed by atoms with Gasteiger partial charge in [-0.2, -0.15) is 0 Å². The van der Waals surface area contributed by atoms with Crippen LogP contribution in [0.15, 0.2) is 30.3 Å². The van der Waals surface area contributed by atoms with E-state index in [-0.39, 0.29) is 6.61 Å². The number of hydrogen-bond acceptors (Lipinski definition) is 5. The second-order valence-corrected chi connectivity index (χ2v) is 7.94. The molecule has 0 bridgehead atoms. The highest BCUT2D eigenvalue weighted by Crippen LogP contribution is 2.10. The molecule has 0 radical (unpaired) electrons. The minimum atomic E-state index is -0.684. The summed E-state index contributed by atoms with van der Waals surface area (Å²) in [5, 5.41) is 0. The van der Waals surface area contributed by atoms with E-state index in [4.69, 9.17) is 14.2 Å². The third-order valence-corrected chi connectivity index (χ3v) is 5.27. The van der Waals surface area contributed by atoms with Gasteiger partial charge in [0.1, 0.15) is 12.6 Å². The van der Waals surface area contributed by atoms with Crippen molar-refractivity contribution >= 4 is 12.1 Å². The Labute approximate surface area is 188 Å². The van der Waals surface area contributed by atoms with Crippen LogP contribution in [-0.2, 0) is 25.6 Å². The van der Waals surface area contributed by atoms with Crippen LogP contribution < -0.4 is 0 Å². The highest BCUT2D eigenvalue weighted by molar-refractivity contribution is 5.80. The summed E-state index contributed by atoms with van der Waals surface area (Å²) in [4.78, 5) is 25.5. The number of likely N-dealkylation sites (N-methyl/N-ethyl adjacent to an activating group) is 1. The molecule has 0 aromatic heterocycles. The maximum Gasteiger partial charge on any atom is 0.410 e. The number of nitrogens with zero attached hydrogens (tertiary/aromatic N) is 1. The monoisotopic (exact) mass is 435 g/mol. The Hall–Kier alpha value is -2.08. The van der Waals surface area contributed by atoms with E-state index in [0.29, 0.717) is 19.8 Å². The number of carbonyl (C=O) groups is 2. The first kappa shape index (κ1) is 27.0. The van der Waals surface area contributed by atoms with Crippen molar-refractivity contribution in [1.29, 1.82) is 0 Å². The van der Waals surface area contributed by atoms with Gasteiger partial charge in [0, 0.05) is 7.05 Å². The van der Waals surface area contributed by atoms with E-state index in [1.54, 1.807) is 6.92 Å². The van der Waals surface area contributed by atoms with E-state index >= 15 is 0 Å². The predicted octanol–water partition coefficient (Wildman–Crippen LogP) is 5.73. The number of rotatable bonds is 17. The maximum atomic E-state index is 12.2. The van der Waals surface area contributed by atoms with Crippen LogP contribution in [0.2, 0.25) is 0 Å². The van der Waals surface area contributed by atoms with E-state index in [2.05, 4.69) is 6.92 Å². The van der Waals surface area contributed by atoms with Crippen molar-refractivity contribution in [2.45, 2.75) is 84.3 Å². The number of benzene rings is 1. The van der Waals surface area contributed by atoms with E-state index < -0.39 is 18.1 Å². The molecule has 0 saturated carbocycles. The molecular weight excluding hydrogens is 394 g/mol. The Bertz CT molecular complexity index is 593. The lowest BCUT2D eigenvalue weighted by Gasteiger charge is -2.22. The summed E-state index contributed by atoms with van der Waals surface area (Å²) < 4.78 is 16.0. The summed E-state index contributed by atoms with van der Waals surface area (Å²) in [5.74, 6) is -0.403. The van der Waals surface area contributed by atoms with Crippen molar-refractivity contribution in [3.63, 3.8) is 0 Å². The summed E-state index contributed by atoms with van der Waals surface area (Å²) in [6.45, 7) is 5.17. The highest BCUT2D eigenvalue weighted by atomic mass is 16.6. The van der Waals surface area contributed by atoms with Crippen LogP contribution in [-0.4, -0.2) is 49.9 Å². The molecule has 1 amide bonds. The van der Waals surface area contributed by atoms with Gasteiger partial charge < -0.3 is 14.2 Å². The summed E-state index contributed by atoms with van der Waals surface area (Å²) >= 11 is 0. The molecule has 1 aromatic rings. The maximum absolute atomic E-state index is 12.2. The molecule has 0 aliphatic rings. The third-order valence-electron chi connectivity index (χ3n) is 5.27. The molecule has 0 spiro atoms. The largest absolute Gasteiger partial charge is 0.464 e. The quantitative estimate of drug-likeness (QED) is 0.231. The van der Waals surface area contributed by atoms with Crippen LogP contribution in [0.25, 0.3) is 0 Å². The summed E-state index contributed by atoms with van der Waals surface area (Å²) in [6, 6.07) is 9.11. The molecule has 0 aliphatic carbocycles. The van der Waals surface area contributed by atoms with Crippen LogP contribution in [0.1, 0.15) is 77.2 Å². The van der Waals surface area contributed by atoms with Gasteiger partial charge in [0.2, 0.25) is 0 Å². The molecule has 1 aromatic carbocycles. The molecule has 0 fully saturated rings. The van der Waals surface area contributed by atoms with Gasteiger partial charge in [-0.15, -0.1) is 0 Å². The number of hydrogen-bond donors (Lipinski definition) is 0. The smallest absolute Gasteiger partial charge is 0.410 e. The summed E-state index contributed by atoms with van der Waals surface area (Å²) in [7, 11) is 1.54. The molecule has 1 unspecified atom stereocenters. The van der Waals surface area contributed by atoms with Gasteiger partial charge in [-0.25, -0.2) is 9.59 Å². The van der Waals surface area contributed by atoms with Crippen LogP contribution in [0, 0.1) is 0 Å². The SMILES string of the molecule is CCCCCCCCCCCOC(=O)C(C)N(C)C(=O)OCCOCc1ccccc1. The Morgan fingerprint density at radius 2 is 1.45 bits per heavy atom. The zero-order valence-corrected chi connectivity index (χ0v) is 19.6. The molecular formula is C25H41NO5. The molecule has 31 heavy (non-hydrogen) atoms. The zero-order valence-electron chi connectivity index (χ0n) is 19.6. The van der Waals surface area contributed by atoms with Crippen molar-refractivity contribution in [3.8, 4) is 0 Å². The van der Waals surface area contributed by atoms with Crippen molar-refractivity contribution in [2.75, 3.05) is 26.9 Å². The molecule has 6 nitrogen and oxygen atoms in total. The lowest BCUT2D eigenvalue weighted by molar-refractivity contribution is -0.148. The predicted molar refractivity (Wildman–Crippen MR) is 123 cm³/mol. The number of carbonyl (C=O) groups excluding carboxylic acids is 2. The first-order chi connectivity index (χ1) is 15.1. The van der Waals surface area contributed by atoms with E-state index in [1.165, 1.54) is 56.9 Å². The summed E-state index contributed by atoms with van der Waals surface area (Å²) in [6.07, 6.45) is 10.4. The molecule has 0 heterocycles. The first-order valence-corrected chi connectivity index (χ1v) is 11.7. The second kappa shape index (κ2) is 17.6. The molecule has 1 atom stereocenters. The summed E-state index contributed by atoms with van der Waals surface area (Å²) in [5.41, 5.74) is 1.06. The standard InChI is InChI=1S/C25H41NO5/c1-4-5-6-7-8-9-10-11-15-18-30-24(27)22(2)26(3)25(28)31-20-19-29-21-23-16-13-12-14-17-23/h12-14,16-17,22H,4-11,15,18-21H2,1-3H3. The van der Waals surface area contributed by atoms with E-state index in [0.717, 1.165) is 18.4 Å². The average Bonchev–Trinajstić information content (AvgIpc) is 2.79. The number of unbranched alkanes of at least 4 members (excludes halogenated alkanes) is 8. The average molecular weight is 436 g/mol.